The Hall–Kier alpha value is -3.95. The van der Waals surface area contributed by atoms with E-state index >= 15 is 0 Å². The van der Waals surface area contributed by atoms with Gasteiger partial charge in [-0.1, -0.05) is 19.1 Å². The van der Waals surface area contributed by atoms with E-state index in [0.717, 1.165) is 68.6 Å². The van der Waals surface area contributed by atoms with Gasteiger partial charge in [-0.2, -0.15) is 5.10 Å². The number of rotatable bonds is 8. The van der Waals surface area contributed by atoms with Gasteiger partial charge in [0.25, 0.3) is 0 Å². The summed E-state index contributed by atoms with van der Waals surface area (Å²) in [5, 5.41) is 4.60. The second kappa shape index (κ2) is 13.6. The molecular weight excluding hydrogens is 640 g/mol. The highest BCUT2D eigenvalue weighted by Gasteiger charge is 2.51. The lowest BCUT2D eigenvalue weighted by atomic mass is 9.51. The van der Waals surface area contributed by atoms with Gasteiger partial charge in [-0.3, -0.25) is 14.4 Å². The summed E-state index contributed by atoms with van der Waals surface area (Å²) in [5.74, 6) is 1.92. The second-order valence-electron chi connectivity index (χ2n) is 17.3. The number of anilines is 1. The number of aryl methyl sites for hydroxylation is 2. The summed E-state index contributed by atoms with van der Waals surface area (Å²) < 4.78 is 13.5. The number of hydrogen-bond donors (Lipinski definition) is 0. The minimum atomic E-state index is -0.214. The number of carbonyl (C=O) groups excluding carboxylic acids is 2. The van der Waals surface area contributed by atoms with Gasteiger partial charge in [-0.05, 0) is 138 Å². The first-order valence-corrected chi connectivity index (χ1v) is 19.1. The monoisotopic (exact) mass is 696 g/mol. The fourth-order valence-electron chi connectivity index (χ4n) is 9.27. The van der Waals surface area contributed by atoms with Gasteiger partial charge in [0.05, 0.1) is 24.5 Å². The van der Waals surface area contributed by atoms with E-state index in [1.165, 1.54) is 16.7 Å². The minimum Gasteiger partial charge on any atom is -0.496 e. The number of aromatic nitrogens is 4. The van der Waals surface area contributed by atoms with Crippen LogP contribution in [0.4, 0.5) is 10.7 Å². The summed E-state index contributed by atoms with van der Waals surface area (Å²) in [5.41, 5.74) is 5.54. The van der Waals surface area contributed by atoms with Crippen molar-refractivity contribution < 1.29 is 19.1 Å². The van der Waals surface area contributed by atoms with Crippen molar-refractivity contribution in [3.63, 3.8) is 0 Å². The Morgan fingerprint density at radius 2 is 1.63 bits per heavy atom. The smallest absolute Gasteiger partial charge is 0.410 e. The molecule has 2 bridgehead atoms. The lowest BCUT2D eigenvalue weighted by Gasteiger charge is -2.55. The summed E-state index contributed by atoms with van der Waals surface area (Å²) >= 11 is 0. The molecule has 274 valence electrons. The highest BCUT2D eigenvalue weighted by Crippen LogP contribution is 2.58. The molecule has 2 amide bonds. The summed E-state index contributed by atoms with van der Waals surface area (Å²) in [4.78, 5) is 40.8. The quantitative estimate of drug-likeness (QED) is 0.235. The number of likely N-dealkylation sites (tertiary alicyclic amines) is 1. The normalized spacial score (nSPS) is 26.5. The van der Waals surface area contributed by atoms with Crippen LogP contribution >= 0.6 is 0 Å². The Bertz CT molecular complexity index is 1720. The van der Waals surface area contributed by atoms with Crippen LogP contribution < -0.4 is 9.64 Å². The maximum atomic E-state index is 14.7. The Morgan fingerprint density at radius 3 is 2.20 bits per heavy atom. The molecule has 3 heterocycles. The third-order valence-electron chi connectivity index (χ3n) is 12.5. The summed E-state index contributed by atoms with van der Waals surface area (Å²) in [6, 6.07) is 6.60. The topological polar surface area (TPSA) is 103 Å². The van der Waals surface area contributed by atoms with Crippen LogP contribution in [0.1, 0.15) is 109 Å². The van der Waals surface area contributed by atoms with Crippen LogP contribution in [0.15, 0.2) is 36.8 Å². The van der Waals surface area contributed by atoms with Crippen molar-refractivity contribution in [1.29, 1.82) is 0 Å². The van der Waals surface area contributed by atoms with E-state index in [-0.39, 0.29) is 40.4 Å². The SMILES string of the molecule is COc1c(C)cc(C23CCC(CN(C(=O)C4CCC(OC(=O)N5CC(C)C5)CC4)c4nccc(-c5cnn(C(C)(C)C)c5)n4)(CC2)CC3)cc1C. The number of amides is 2. The van der Waals surface area contributed by atoms with Crippen LogP contribution in [0.3, 0.4) is 0 Å². The Kier molecular flexibility index (Phi) is 9.42. The molecule has 0 N–H and O–H groups in total. The Labute approximate surface area is 303 Å². The fraction of sp³-hybridized carbons (Fsp3) is 0.634. The molecule has 4 aliphatic carbocycles. The fourth-order valence-corrected chi connectivity index (χ4v) is 9.27. The number of nitrogens with zero attached hydrogens (tertiary/aromatic N) is 6. The van der Waals surface area contributed by atoms with Crippen molar-refractivity contribution in [3.05, 3.63) is 53.5 Å². The van der Waals surface area contributed by atoms with Gasteiger partial charge in [-0.25, -0.2) is 14.8 Å². The maximum absolute atomic E-state index is 14.7. The number of benzene rings is 1. The minimum absolute atomic E-state index is 0.0194. The number of methoxy groups -OCH3 is 1. The zero-order valence-corrected chi connectivity index (χ0v) is 31.7. The van der Waals surface area contributed by atoms with E-state index < -0.39 is 0 Å². The van der Waals surface area contributed by atoms with Crippen molar-refractivity contribution in [2.75, 3.05) is 31.6 Å². The number of hydrogen-bond acceptors (Lipinski definition) is 7. The van der Waals surface area contributed by atoms with E-state index in [1.807, 2.05) is 28.0 Å². The van der Waals surface area contributed by atoms with Gasteiger partial charge in [0.2, 0.25) is 11.9 Å². The van der Waals surface area contributed by atoms with Crippen molar-refractivity contribution in [2.24, 2.45) is 17.3 Å². The standard InChI is InChI=1S/C41H56N6O4/c1-27-23-45(24-27)38(49)51-33-10-8-30(9-11-33)36(48)46(37-42-19-12-34(44-37)31-22-43-47(25-31)39(4,5)6)26-40-13-16-41(17-14-40,18-15-40)32-20-28(2)35(50-7)29(3)21-32/h12,19-22,25,27,30,33H,8-11,13-18,23-24,26H2,1-7H3. The van der Waals surface area contributed by atoms with Crippen molar-refractivity contribution >= 4 is 17.9 Å². The first kappa shape index (κ1) is 35.5. The average Bonchev–Trinajstić information content (AvgIpc) is 3.62. The molecule has 0 unspecified atom stereocenters. The zero-order chi connectivity index (χ0) is 36.1. The summed E-state index contributed by atoms with van der Waals surface area (Å²) in [6.07, 6.45) is 14.6. The van der Waals surface area contributed by atoms with Gasteiger partial charge in [-0.15, -0.1) is 0 Å². The van der Waals surface area contributed by atoms with Crippen molar-refractivity contribution in [2.45, 2.75) is 123 Å². The number of carbonyl (C=O) groups is 2. The van der Waals surface area contributed by atoms with Crippen LogP contribution in [-0.2, 0) is 20.5 Å². The molecule has 3 aromatic rings. The largest absolute Gasteiger partial charge is 0.496 e. The van der Waals surface area contributed by atoms with Crippen LogP contribution in [0.25, 0.3) is 11.3 Å². The van der Waals surface area contributed by atoms with Gasteiger partial charge in [0, 0.05) is 43.5 Å². The van der Waals surface area contributed by atoms with Crippen LogP contribution in [0.5, 0.6) is 5.75 Å². The molecule has 0 radical (unpaired) electrons. The molecule has 1 aromatic carbocycles. The molecule has 5 fully saturated rings. The second-order valence-corrected chi connectivity index (χ2v) is 17.3. The van der Waals surface area contributed by atoms with Gasteiger partial charge in [0.1, 0.15) is 11.9 Å². The van der Waals surface area contributed by atoms with Crippen LogP contribution in [-0.4, -0.2) is 69.5 Å². The first-order valence-electron chi connectivity index (χ1n) is 19.1. The molecule has 1 aliphatic heterocycles. The Balaban J connectivity index is 1.11. The average molecular weight is 697 g/mol. The lowest BCUT2D eigenvalue weighted by Crippen LogP contribution is -2.52. The molecule has 10 nitrogen and oxygen atoms in total. The van der Waals surface area contributed by atoms with Gasteiger partial charge >= 0.3 is 6.09 Å². The van der Waals surface area contributed by atoms with E-state index in [1.54, 1.807) is 18.2 Å². The van der Waals surface area contributed by atoms with E-state index in [0.29, 0.717) is 44.1 Å². The highest BCUT2D eigenvalue weighted by atomic mass is 16.6. The molecular formula is C41H56N6O4. The lowest BCUT2D eigenvalue weighted by molar-refractivity contribution is -0.124. The molecule has 1 saturated heterocycles. The van der Waals surface area contributed by atoms with Gasteiger partial charge < -0.3 is 14.4 Å². The third kappa shape index (κ3) is 6.99. The molecule has 0 spiro atoms. The molecule has 4 saturated carbocycles. The molecule has 8 rings (SSSR count). The molecule has 5 aliphatic rings. The molecule has 10 heteroatoms. The Morgan fingerprint density at radius 1 is 0.980 bits per heavy atom. The molecule has 0 atom stereocenters. The number of ether oxygens (including phenoxy) is 2. The van der Waals surface area contributed by atoms with Crippen molar-refractivity contribution in [3.8, 4) is 17.0 Å². The predicted octanol–water partition coefficient (Wildman–Crippen LogP) is 7.99. The van der Waals surface area contributed by atoms with Gasteiger partial charge in [0.15, 0.2) is 0 Å². The summed E-state index contributed by atoms with van der Waals surface area (Å²) in [6.45, 7) is 15.0. The van der Waals surface area contributed by atoms with Crippen molar-refractivity contribution in [1.82, 2.24) is 24.6 Å². The maximum Gasteiger partial charge on any atom is 0.410 e. The first-order chi connectivity index (χ1) is 24.3. The third-order valence-corrected chi connectivity index (χ3v) is 12.5. The molecule has 2 aromatic heterocycles. The summed E-state index contributed by atoms with van der Waals surface area (Å²) in [7, 11) is 1.75. The van der Waals surface area contributed by atoms with E-state index in [9.17, 15) is 9.59 Å². The number of fused-ring (bicyclic) bond motifs is 3. The highest BCUT2D eigenvalue weighted by molar-refractivity contribution is 5.93. The predicted molar refractivity (Wildman–Crippen MR) is 198 cm³/mol. The van der Waals surface area contributed by atoms with E-state index in [2.05, 4.69) is 58.8 Å². The van der Waals surface area contributed by atoms with Crippen LogP contribution in [0.2, 0.25) is 0 Å². The van der Waals surface area contributed by atoms with Crippen LogP contribution in [0, 0.1) is 31.1 Å². The molecule has 51 heavy (non-hydrogen) atoms. The van der Waals surface area contributed by atoms with E-state index in [4.69, 9.17) is 19.4 Å². The zero-order valence-electron chi connectivity index (χ0n) is 31.7.